The summed E-state index contributed by atoms with van der Waals surface area (Å²) in [5.41, 5.74) is 3.97. The maximum Gasteiger partial charge on any atom is 0.191 e. The van der Waals surface area contributed by atoms with Gasteiger partial charge >= 0.3 is 0 Å². The Morgan fingerprint density at radius 1 is 1.20 bits per heavy atom. The average molecular weight is 484 g/mol. The Labute approximate surface area is 190 Å². The molecule has 0 bridgehead atoms. The molecule has 1 saturated carbocycles. The minimum Gasteiger partial charge on any atom is -0.304 e. The molecule has 5 rings (SSSR count). The summed E-state index contributed by atoms with van der Waals surface area (Å²) in [6.45, 7) is 5.67. The molecule has 0 unspecified atom stereocenters. The van der Waals surface area contributed by atoms with E-state index < -0.39 is 0 Å². The van der Waals surface area contributed by atoms with Gasteiger partial charge in [0.25, 0.3) is 0 Å². The highest BCUT2D eigenvalue weighted by atomic mass is 79.9. The van der Waals surface area contributed by atoms with E-state index in [0.717, 1.165) is 44.9 Å². The van der Waals surface area contributed by atoms with Gasteiger partial charge in [0.2, 0.25) is 0 Å². The fraction of sp³-hybridized carbons (Fsp3) is 0.435. The van der Waals surface area contributed by atoms with Crippen molar-refractivity contribution in [1.82, 2.24) is 24.6 Å². The minimum atomic E-state index is 0.423. The molecule has 0 radical (unpaired) electrons. The van der Waals surface area contributed by atoms with E-state index in [2.05, 4.69) is 77.8 Å². The van der Waals surface area contributed by atoms with Crippen molar-refractivity contribution >= 4 is 27.7 Å². The number of aryl methyl sites for hydroxylation is 1. The predicted molar refractivity (Wildman–Crippen MR) is 125 cm³/mol. The summed E-state index contributed by atoms with van der Waals surface area (Å²) in [4.78, 5) is 7.13. The van der Waals surface area contributed by atoms with Crippen molar-refractivity contribution in [3.05, 3.63) is 58.2 Å². The van der Waals surface area contributed by atoms with Crippen molar-refractivity contribution in [2.75, 3.05) is 25.4 Å². The van der Waals surface area contributed by atoms with Gasteiger partial charge in [0.1, 0.15) is 5.69 Å². The SMILES string of the molecule is Cc1cccnc1-c1nnc(SCCCN2C[C@@H]3C[C@]3(c3ccc(Br)cc3)C2)n1C. The van der Waals surface area contributed by atoms with E-state index in [1.807, 2.05) is 19.3 Å². The standard InChI is InChI=1S/C23H26BrN5S/c1-16-5-3-10-25-20(16)21-26-27-22(28(21)2)30-12-4-11-29-14-18-13-23(18,15-29)17-6-8-19(24)9-7-17/h3,5-10,18H,4,11-15H2,1-2H3/t18-,23+/m0/s1. The Morgan fingerprint density at radius 3 is 2.83 bits per heavy atom. The molecule has 2 aliphatic rings. The van der Waals surface area contributed by atoms with E-state index in [4.69, 9.17) is 0 Å². The van der Waals surface area contributed by atoms with Crippen LogP contribution in [0.2, 0.25) is 0 Å². The molecule has 7 heteroatoms. The molecule has 5 nitrogen and oxygen atoms in total. The zero-order valence-corrected chi connectivity index (χ0v) is 19.8. The third kappa shape index (κ3) is 3.72. The average Bonchev–Trinajstić information content (AvgIpc) is 3.12. The van der Waals surface area contributed by atoms with Gasteiger partial charge in [-0.15, -0.1) is 10.2 Å². The molecule has 0 N–H and O–H groups in total. The van der Waals surface area contributed by atoms with Crippen LogP contribution in [0.15, 0.2) is 52.2 Å². The predicted octanol–water partition coefficient (Wildman–Crippen LogP) is 4.70. The molecule has 1 saturated heterocycles. The largest absolute Gasteiger partial charge is 0.304 e. The molecule has 2 fully saturated rings. The van der Waals surface area contributed by atoms with Gasteiger partial charge in [-0.25, -0.2) is 0 Å². The number of hydrogen-bond acceptors (Lipinski definition) is 5. The fourth-order valence-electron chi connectivity index (χ4n) is 4.80. The van der Waals surface area contributed by atoms with Crippen LogP contribution in [0.4, 0.5) is 0 Å². The molecule has 2 atom stereocenters. The van der Waals surface area contributed by atoms with Crippen LogP contribution in [0.5, 0.6) is 0 Å². The topological polar surface area (TPSA) is 46.8 Å². The first kappa shape index (κ1) is 20.2. The number of rotatable bonds is 7. The third-order valence-electron chi connectivity index (χ3n) is 6.54. The lowest BCUT2D eigenvalue weighted by Gasteiger charge is -2.21. The highest BCUT2D eigenvalue weighted by Crippen LogP contribution is 2.59. The molecule has 2 aromatic heterocycles. The number of fused-ring (bicyclic) bond motifs is 1. The minimum absolute atomic E-state index is 0.423. The molecule has 156 valence electrons. The Balaban J connectivity index is 1.13. The van der Waals surface area contributed by atoms with Crippen molar-refractivity contribution in [2.24, 2.45) is 13.0 Å². The van der Waals surface area contributed by atoms with E-state index in [1.165, 1.54) is 31.5 Å². The normalized spacial score (nSPS) is 23.0. The van der Waals surface area contributed by atoms with E-state index in [1.54, 1.807) is 11.8 Å². The molecule has 1 aliphatic carbocycles. The Kier molecular flexibility index (Phi) is 5.45. The molecule has 0 spiro atoms. The summed E-state index contributed by atoms with van der Waals surface area (Å²) in [6, 6.07) is 13.0. The third-order valence-corrected chi connectivity index (χ3v) is 8.18. The Hall–Kier alpha value is -1.70. The Bertz CT molecular complexity index is 1050. The van der Waals surface area contributed by atoms with Gasteiger partial charge in [-0.3, -0.25) is 4.98 Å². The van der Waals surface area contributed by atoms with E-state index in [9.17, 15) is 0 Å². The van der Waals surface area contributed by atoms with E-state index in [-0.39, 0.29) is 0 Å². The summed E-state index contributed by atoms with van der Waals surface area (Å²) in [6.07, 6.45) is 4.33. The zero-order valence-electron chi connectivity index (χ0n) is 17.4. The number of nitrogens with zero attached hydrogens (tertiary/aromatic N) is 5. The highest BCUT2D eigenvalue weighted by molar-refractivity contribution is 9.10. The van der Waals surface area contributed by atoms with E-state index >= 15 is 0 Å². The number of halogens is 1. The first-order valence-electron chi connectivity index (χ1n) is 10.5. The molecule has 30 heavy (non-hydrogen) atoms. The lowest BCUT2D eigenvalue weighted by atomic mass is 9.95. The van der Waals surface area contributed by atoms with Crippen molar-refractivity contribution in [3.63, 3.8) is 0 Å². The van der Waals surface area contributed by atoms with Crippen molar-refractivity contribution < 1.29 is 0 Å². The molecule has 1 aromatic carbocycles. The second-order valence-corrected chi connectivity index (χ2v) is 10.5. The number of aromatic nitrogens is 4. The van der Waals surface area contributed by atoms with Crippen LogP contribution in [0, 0.1) is 12.8 Å². The number of likely N-dealkylation sites (tertiary alicyclic amines) is 1. The molecular formula is C23H26BrN5S. The lowest BCUT2D eigenvalue weighted by Crippen LogP contribution is -2.27. The van der Waals surface area contributed by atoms with Crippen molar-refractivity contribution in [2.45, 2.75) is 30.3 Å². The van der Waals surface area contributed by atoms with Crippen LogP contribution in [-0.2, 0) is 12.5 Å². The first-order valence-corrected chi connectivity index (χ1v) is 12.3. The zero-order chi connectivity index (χ0) is 20.7. The monoisotopic (exact) mass is 483 g/mol. The van der Waals surface area contributed by atoms with Gasteiger partial charge in [0.15, 0.2) is 11.0 Å². The van der Waals surface area contributed by atoms with Crippen LogP contribution in [-0.4, -0.2) is 50.0 Å². The van der Waals surface area contributed by atoms with Crippen LogP contribution in [0.3, 0.4) is 0 Å². The maximum absolute atomic E-state index is 4.48. The number of piperidine rings is 1. The molecule has 3 heterocycles. The quantitative estimate of drug-likeness (QED) is 0.359. The summed E-state index contributed by atoms with van der Waals surface area (Å²) in [7, 11) is 2.03. The van der Waals surface area contributed by atoms with Crippen LogP contribution in [0.1, 0.15) is 24.0 Å². The molecular weight excluding hydrogens is 458 g/mol. The van der Waals surface area contributed by atoms with Crippen molar-refractivity contribution in [3.8, 4) is 11.5 Å². The van der Waals surface area contributed by atoms with Gasteiger partial charge in [-0.2, -0.15) is 0 Å². The fourth-order valence-corrected chi connectivity index (χ4v) is 5.90. The van der Waals surface area contributed by atoms with Gasteiger partial charge in [0, 0.05) is 42.0 Å². The van der Waals surface area contributed by atoms with Gasteiger partial charge in [-0.05, 0) is 61.6 Å². The summed E-state index contributed by atoms with van der Waals surface area (Å²) in [5.74, 6) is 2.74. The second kappa shape index (κ2) is 8.09. The second-order valence-electron chi connectivity index (χ2n) is 8.54. The number of pyridine rings is 1. The van der Waals surface area contributed by atoms with Crippen LogP contribution >= 0.6 is 27.7 Å². The smallest absolute Gasteiger partial charge is 0.191 e. The first-order chi connectivity index (χ1) is 14.6. The molecule has 3 aromatic rings. The van der Waals surface area contributed by atoms with Gasteiger partial charge in [0.05, 0.1) is 0 Å². The van der Waals surface area contributed by atoms with E-state index in [0.29, 0.717) is 5.41 Å². The van der Waals surface area contributed by atoms with Gasteiger partial charge in [-0.1, -0.05) is 45.9 Å². The number of benzene rings is 1. The van der Waals surface area contributed by atoms with Crippen LogP contribution < -0.4 is 0 Å². The molecule has 0 amide bonds. The summed E-state index contributed by atoms with van der Waals surface area (Å²) < 4.78 is 3.23. The number of hydrogen-bond donors (Lipinski definition) is 0. The maximum atomic E-state index is 4.48. The summed E-state index contributed by atoms with van der Waals surface area (Å²) in [5, 5.41) is 9.74. The highest BCUT2D eigenvalue weighted by Gasteiger charge is 2.60. The lowest BCUT2D eigenvalue weighted by molar-refractivity contribution is 0.299. The van der Waals surface area contributed by atoms with Gasteiger partial charge < -0.3 is 9.47 Å². The van der Waals surface area contributed by atoms with Crippen LogP contribution in [0.25, 0.3) is 11.5 Å². The summed E-state index contributed by atoms with van der Waals surface area (Å²) >= 11 is 5.34. The number of thioether (sulfide) groups is 1. The Morgan fingerprint density at radius 2 is 2.03 bits per heavy atom. The van der Waals surface area contributed by atoms with Crippen molar-refractivity contribution in [1.29, 1.82) is 0 Å². The molecule has 1 aliphatic heterocycles.